The Morgan fingerprint density at radius 3 is 2.30 bits per heavy atom. The van der Waals surface area contributed by atoms with Crippen LogP contribution in [0, 0.1) is 0 Å². The van der Waals surface area contributed by atoms with E-state index in [0.29, 0.717) is 23.0 Å². The highest BCUT2D eigenvalue weighted by Crippen LogP contribution is 2.19. The molecule has 0 radical (unpaired) electrons. The minimum absolute atomic E-state index is 0.110. The summed E-state index contributed by atoms with van der Waals surface area (Å²) in [7, 11) is 0. The average molecular weight is 420 g/mol. The zero-order valence-electron chi connectivity index (χ0n) is 17.0. The highest BCUT2D eigenvalue weighted by Gasteiger charge is 2.15. The molecular weight excluding hydrogens is 394 g/mol. The first-order chi connectivity index (χ1) is 14.6. The van der Waals surface area contributed by atoms with Crippen molar-refractivity contribution >= 4 is 34.6 Å². The maximum Gasteiger partial charge on any atom is 0.253 e. The molecule has 0 spiro atoms. The van der Waals surface area contributed by atoms with E-state index in [9.17, 15) is 4.79 Å². The number of ether oxygens (including phenoxy) is 1. The lowest BCUT2D eigenvalue weighted by atomic mass is 10.1. The molecule has 0 aliphatic carbocycles. The molecule has 3 rings (SSSR count). The standard InChI is InChI=1S/C24H25N3O2S/c1-3-29-20-15-13-19(14-16-20)26-24(30)27-22-12-8-7-11-21(22)23(28)25-17(2)18-9-5-4-6-10-18/h4-17H,3H2,1-2H3,(H,25,28)(H2,26,27,30)/t17-/m1/s1. The largest absolute Gasteiger partial charge is 0.494 e. The van der Waals surface area contributed by atoms with E-state index in [-0.39, 0.29) is 11.9 Å². The van der Waals surface area contributed by atoms with Crippen LogP contribution in [0.2, 0.25) is 0 Å². The lowest BCUT2D eigenvalue weighted by Gasteiger charge is -2.17. The molecule has 6 heteroatoms. The molecule has 0 aliphatic rings. The number of amides is 1. The Bertz CT molecular complexity index is 991. The van der Waals surface area contributed by atoms with E-state index in [4.69, 9.17) is 17.0 Å². The predicted molar refractivity (Wildman–Crippen MR) is 126 cm³/mol. The second-order valence-electron chi connectivity index (χ2n) is 6.69. The monoisotopic (exact) mass is 419 g/mol. The summed E-state index contributed by atoms with van der Waals surface area (Å²) in [5.74, 6) is 0.634. The van der Waals surface area contributed by atoms with Crippen LogP contribution in [0.25, 0.3) is 0 Å². The normalized spacial score (nSPS) is 11.3. The zero-order valence-corrected chi connectivity index (χ0v) is 17.8. The SMILES string of the molecule is CCOc1ccc(NC(=S)Nc2ccccc2C(=O)N[C@H](C)c2ccccc2)cc1. The van der Waals surface area contributed by atoms with Gasteiger partial charge in [-0.3, -0.25) is 4.79 Å². The summed E-state index contributed by atoms with van der Waals surface area (Å²) in [6, 6.07) is 24.6. The average Bonchev–Trinajstić information content (AvgIpc) is 2.76. The smallest absolute Gasteiger partial charge is 0.253 e. The number of carbonyl (C=O) groups excluding carboxylic acids is 1. The highest BCUT2D eigenvalue weighted by molar-refractivity contribution is 7.80. The summed E-state index contributed by atoms with van der Waals surface area (Å²) in [4.78, 5) is 12.9. The molecule has 0 bridgehead atoms. The Hall–Kier alpha value is -3.38. The summed E-state index contributed by atoms with van der Waals surface area (Å²) < 4.78 is 5.45. The van der Waals surface area contributed by atoms with Gasteiger partial charge in [-0.05, 0) is 68.0 Å². The molecule has 0 aromatic heterocycles. The van der Waals surface area contributed by atoms with Gasteiger partial charge in [-0.25, -0.2) is 0 Å². The van der Waals surface area contributed by atoms with Crippen LogP contribution in [0.3, 0.4) is 0 Å². The molecule has 3 N–H and O–H groups in total. The quantitative estimate of drug-likeness (QED) is 0.449. The number of anilines is 2. The van der Waals surface area contributed by atoms with Crippen LogP contribution in [0.5, 0.6) is 5.75 Å². The van der Waals surface area contributed by atoms with E-state index in [0.717, 1.165) is 17.0 Å². The first-order valence-electron chi connectivity index (χ1n) is 9.82. The van der Waals surface area contributed by atoms with E-state index in [1.165, 1.54) is 0 Å². The fourth-order valence-electron chi connectivity index (χ4n) is 2.98. The van der Waals surface area contributed by atoms with Crippen molar-refractivity contribution in [2.75, 3.05) is 17.2 Å². The molecule has 0 saturated heterocycles. The molecule has 0 fully saturated rings. The van der Waals surface area contributed by atoms with E-state index in [2.05, 4.69) is 16.0 Å². The van der Waals surface area contributed by atoms with Crippen molar-refractivity contribution in [3.05, 3.63) is 90.0 Å². The van der Waals surface area contributed by atoms with E-state index in [1.807, 2.05) is 86.6 Å². The molecule has 3 aromatic carbocycles. The van der Waals surface area contributed by atoms with Crippen LogP contribution in [0.1, 0.15) is 35.8 Å². The minimum atomic E-state index is -0.168. The van der Waals surface area contributed by atoms with Gasteiger partial charge < -0.3 is 20.7 Å². The highest BCUT2D eigenvalue weighted by atomic mass is 32.1. The number of benzene rings is 3. The van der Waals surface area contributed by atoms with Crippen molar-refractivity contribution in [1.82, 2.24) is 5.32 Å². The van der Waals surface area contributed by atoms with Gasteiger partial charge in [-0.15, -0.1) is 0 Å². The number of carbonyl (C=O) groups is 1. The van der Waals surface area contributed by atoms with Gasteiger partial charge in [0.2, 0.25) is 0 Å². The van der Waals surface area contributed by atoms with E-state index < -0.39 is 0 Å². The van der Waals surface area contributed by atoms with Gasteiger partial charge in [0, 0.05) is 5.69 Å². The van der Waals surface area contributed by atoms with Crippen molar-refractivity contribution in [2.24, 2.45) is 0 Å². The summed E-state index contributed by atoms with van der Waals surface area (Å²) in [5, 5.41) is 9.68. The second-order valence-corrected chi connectivity index (χ2v) is 7.10. The number of thiocarbonyl (C=S) groups is 1. The van der Waals surface area contributed by atoms with Gasteiger partial charge in [-0.2, -0.15) is 0 Å². The summed E-state index contributed by atoms with van der Waals surface area (Å²) in [6.45, 7) is 4.52. The summed E-state index contributed by atoms with van der Waals surface area (Å²) >= 11 is 5.43. The van der Waals surface area contributed by atoms with Crippen LogP contribution in [0.4, 0.5) is 11.4 Å². The van der Waals surface area contributed by atoms with E-state index >= 15 is 0 Å². The van der Waals surface area contributed by atoms with Crippen molar-refractivity contribution in [3.63, 3.8) is 0 Å². The van der Waals surface area contributed by atoms with Gasteiger partial charge in [0.15, 0.2) is 5.11 Å². The number of hydrogen-bond donors (Lipinski definition) is 3. The van der Waals surface area contributed by atoms with Crippen LogP contribution < -0.4 is 20.7 Å². The molecule has 30 heavy (non-hydrogen) atoms. The Kier molecular flexibility index (Phi) is 7.40. The first kappa shape index (κ1) is 21.3. The van der Waals surface area contributed by atoms with Crippen molar-refractivity contribution in [3.8, 4) is 5.75 Å². The zero-order chi connectivity index (χ0) is 21.3. The Morgan fingerprint density at radius 1 is 0.933 bits per heavy atom. The fraction of sp³-hybridized carbons (Fsp3) is 0.167. The predicted octanol–water partition coefficient (Wildman–Crippen LogP) is 5.39. The lowest BCUT2D eigenvalue weighted by Crippen LogP contribution is -2.28. The van der Waals surface area contributed by atoms with Gasteiger partial charge in [0.1, 0.15) is 5.75 Å². The molecule has 1 amide bonds. The molecule has 0 heterocycles. The number of nitrogens with one attached hydrogen (secondary N) is 3. The molecular formula is C24H25N3O2S. The molecule has 0 saturated carbocycles. The van der Waals surface area contributed by atoms with Crippen LogP contribution in [0.15, 0.2) is 78.9 Å². The second kappa shape index (κ2) is 10.4. The molecule has 3 aromatic rings. The third-order valence-electron chi connectivity index (χ3n) is 4.49. The first-order valence-corrected chi connectivity index (χ1v) is 10.2. The Balaban J connectivity index is 1.65. The summed E-state index contributed by atoms with van der Waals surface area (Å²) in [6.07, 6.45) is 0. The third-order valence-corrected chi connectivity index (χ3v) is 4.69. The van der Waals surface area contributed by atoms with Crippen LogP contribution >= 0.6 is 12.2 Å². The fourth-order valence-corrected chi connectivity index (χ4v) is 3.20. The summed E-state index contributed by atoms with van der Waals surface area (Å²) in [5.41, 5.74) is 3.04. The maximum atomic E-state index is 12.9. The molecule has 0 aliphatic heterocycles. The van der Waals surface area contributed by atoms with Gasteiger partial charge in [-0.1, -0.05) is 42.5 Å². The van der Waals surface area contributed by atoms with Crippen molar-refractivity contribution in [1.29, 1.82) is 0 Å². The number of rotatable bonds is 7. The van der Waals surface area contributed by atoms with Gasteiger partial charge >= 0.3 is 0 Å². The van der Waals surface area contributed by atoms with Crippen LogP contribution in [-0.4, -0.2) is 17.6 Å². The van der Waals surface area contributed by atoms with Crippen molar-refractivity contribution < 1.29 is 9.53 Å². The minimum Gasteiger partial charge on any atom is -0.494 e. The lowest BCUT2D eigenvalue weighted by molar-refractivity contribution is 0.0941. The van der Waals surface area contributed by atoms with Gasteiger partial charge in [0.25, 0.3) is 5.91 Å². The van der Waals surface area contributed by atoms with E-state index in [1.54, 1.807) is 6.07 Å². The molecule has 0 unspecified atom stereocenters. The molecule has 1 atom stereocenters. The molecule has 5 nitrogen and oxygen atoms in total. The third kappa shape index (κ3) is 5.81. The Labute approximate surface area is 182 Å². The van der Waals surface area contributed by atoms with Crippen molar-refractivity contribution in [2.45, 2.75) is 19.9 Å². The molecule has 154 valence electrons. The Morgan fingerprint density at radius 2 is 1.60 bits per heavy atom. The number of hydrogen-bond acceptors (Lipinski definition) is 3. The topological polar surface area (TPSA) is 62.4 Å². The maximum absolute atomic E-state index is 12.9. The number of para-hydroxylation sites is 1. The van der Waals surface area contributed by atoms with Gasteiger partial charge in [0.05, 0.1) is 23.9 Å². The van der Waals surface area contributed by atoms with Crippen LogP contribution in [-0.2, 0) is 0 Å².